The first-order valence-corrected chi connectivity index (χ1v) is 9.26. The minimum atomic E-state index is -1.07. The van der Waals surface area contributed by atoms with Crippen LogP contribution in [0, 0.1) is 11.6 Å². The van der Waals surface area contributed by atoms with Crippen LogP contribution in [0.15, 0.2) is 52.7 Å². The van der Waals surface area contributed by atoms with Crippen molar-refractivity contribution in [2.24, 2.45) is 10.2 Å². The highest BCUT2D eigenvalue weighted by atomic mass is 32.2. The highest BCUT2D eigenvalue weighted by molar-refractivity contribution is 8.15. The fourth-order valence-electron chi connectivity index (χ4n) is 2.43. The lowest BCUT2D eigenvalue weighted by Gasteiger charge is -2.08. The van der Waals surface area contributed by atoms with Gasteiger partial charge in [0.05, 0.1) is 12.6 Å². The largest absolute Gasteiger partial charge is 0.483 e. The minimum absolute atomic E-state index is 0.0448. The highest BCUT2D eigenvalue weighted by Gasteiger charge is 2.32. The summed E-state index contributed by atoms with van der Waals surface area (Å²) in [6.45, 7) is -0.0448. The summed E-state index contributed by atoms with van der Waals surface area (Å²) in [5.74, 6) is -3.50. The lowest BCUT2D eigenvalue weighted by Crippen LogP contribution is -2.26. The van der Waals surface area contributed by atoms with E-state index in [1.807, 2.05) is 0 Å². The zero-order valence-electron chi connectivity index (χ0n) is 14.8. The number of para-hydroxylation sites is 1. The highest BCUT2D eigenvalue weighted by Crippen LogP contribution is 2.23. The third-order valence-corrected chi connectivity index (χ3v) is 4.82. The second kappa shape index (κ2) is 9.28. The van der Waals surface area contributed by atoms with E-state index >= 15 is 0 Å². The molecule has 1 amide bonds. The molecule has 7 nitrogen and oxygen atoms in total. The Morgan fingerprint density at radius 2 is 1.97 bits per heavy atom. The van der Waals surface area contributed by atoms with E-state index in [2.05, 4.69) is 15.5 Å². The summed E-state index contributed by atoms with van der Waals surface area (Å²) < 4.78 is 32.4. The Morgan fingerprint density at radius 1 is 1.24 bits per heavy atom. The first kappa shape index (κ1) is 20.5. The van der Waals surface area contributed by atoms with Crippen molar-refractivity contribution in [1.29, 1.82) is 0 Å². The number of ether oxygens (including phenoxy) is 1. The quantitative estimate of drug-likeness (QED) is 0.531. The Balaban J connectivity index is 1.61. The van der Waals surface area contributed by atoms with E-state index in [0.717, 1.165) is 23.9 Å². The van der Waals surface area contributed by atoms with Crippen LogP contribution in [0.25, 0.3) is 0 Å². The van der Waals surface area contributed by atoms with Gasteiger partial charge in [-0.1, -0.05) is 36.0 Å². The number of hydrogen-bond donors (Lipinski definition) is 2. The van der Waals surface area contributed by atoms with Gasteiger partial charge in [0.15, 0.2) is 22.6 Å². The van der Waals surface area contributed by atoms with Gasteiger partial charge in [-0.15, -0.1) is 5.10 Å². The summed E-state index contributed by atoms with van der Waals surface area (Å²) >= 11 is 0.998. The van der Waals surface area contributed by atoms with Crippen LogP contribution in [0.4, 0.5) is 8.78 Å². The topological polar surface area (TPSA) is 100 Å². The molecule has 0 aliphatic carbocycles. The Bertz CT molecular complexity index is 977. The fourth-order valence-corrected chi connectivity index (χ4v) is 3.35. The molecule has 29 heavy (non-hydrogen) atoms. The van der Waals surface area contributed by atoms with E-state index in [9.17, 15) is 18.4 Å². The standard InChI is InChI=1S/C19H15F2N3O4S/c20-13-5-2-6-14(21)17(13)28-10-12-4-1-3-11(7-12)9-22-24-19-23-18(27)15(29-19)8-16(25)26/h1-7,9,15H,8,10H2,(H,25,26)(H,23,24,27). The molecule has 1 atom stereocenters. The Kier molecular flexibility index (Phi) is 6.55. The van der Waals surface area contributed by atoms with Crippen molar-refractivity contribution in [1.82, 2.24) is 5.32 Å². The minimum Gasteiger partial charge on any atom is -0.483 e. The smallest absolute Gasteiger partial charge is 0.305 e. The Labute approximate surface area is 168 Å². The number of carbonyl (C=O) groups is 2. The zero-order valence-corrected chi connectivity index (χ0v) is 15.7. The average Bonchev–Trinajstić information content (AvgIpc) is 3.00. The molecular formula is C19H15F2N3O4S. The molecule has 150 valence electrons. The molecule has 3 rings (SSSR count). The van der Waals surface area contributed by atoms with E-state index in [-0.39, 0.29) is 18.2 Å². The molecule has 1 unspecified atom stereocenters. The maximum Gasteiger partial charge on any atom is 0.305 e. The lowest BCUT2D eigenvalue weighted by molar-refractivity contribution is -0.138. The summed E-state index contributed by atoms with van der Waals surface area (Å²) in [6, 6.07) is 10.4. The summed E-state index contributed by atoms with van der Waals surface area (Å²) in [5, 5.41) is 18.4. The molecule has 2 aromatic rings. The molecule has 0 aromatic heterocycles. The molecule has 1 fully saturated rings. The lowest BCUT2D eigenvalue weighted by atomic mass is 10.1. The van der Waals surface area contributed by atoms with Crippen molar-refractivity contribution < 1.29 is 28.2 Å². The Morgan fingerprint density at radius 3 is 2.69 bits per heavy atom. The number of amidine groups is 1. The first-order chi connectivity index (χ1) is 13.9. The molecule has 0 saturated carbocycles. The Hall–Kier alpha value is -3.27. The molecule has 1 aliphatic heterocycles. The van der Waals surface area contributed by atoms with Crippen LogP contribution in [-0.2, 0) is 16.2 Å². The van der Waals surface area contributed by atoms with Crippen molar-refractivity contribution in [2.45, 2.75) is 18.3 Å². The number of rotatable bonds is 7. The molecular weight excluding hydrogens is 404 g/mol. The normalized spacial score (nSPS) is 17.7. The summed E-state index contributed by atoms with van der Waals surface area (Å²) in [5.41, 5.74) is 1.31. The number of hydrogen-bond acceptors (Lipinski definition) is 6. The van der Waals surface area contributed by atoms with Crippen LogP contribution in [-0.4, -0.2) is 33.6 Å². The number of thioether (sulfide) groups is 1. The van der Waals surface area contributed by atoms with E-state index in [1.54, 1.807) is 24.3 Å². The summed E-state index contributed by atoms with van der Waals surface area (Å²) in [7, 11) is 0. The van der Waals surface area contributed by atoms with Crippen LogP contribution in [0.1, 0.15) is 17.5 Å². The van der Waals surface area contributed by atoms with Gasteiger partial charge in [-0.3, -0.25) is 9.59 Å². The molecule has 10 heteroatoms. The molecule has 0 bridgehead atoms. The second-order valence-electron chi connectivity index (χ2n) is 5.93. The number of amides is 1. The molecule has 0 spiro atoms. The number of halogens is 2. The van der Waals surface area contributed by atoms with Crippen LogP contribution in [0.2, 0.25) is 0 Å². The molecule has 0 radical (unpaired) electrons. The number of nitrogens with zero attached hydrogens (tertiary/aromatic N) is 2. The number of nitrogens with one attached hydrogen (secondary N) is 1. The number of benzene rings is 2. The van der Waals surface area contributed by atoms with E-state index in [1.165, 1.54) is 12.3 Å². The average molecular weight is 419 g/mol. The van der Waals surface area contributed by atoms with Gasteiger partial charge in [-0.05, 0) is 29.3 Å². The van der Waals surface area contributed by atoms with Crippen molar-refractivity contribution >= 4 is 35.0 Å². The molecule has 1 heterocycles. The molecule has 2 aromatic carbocycles. The van der Waals surface area contributed by atoms with E-state index in [4.69, 9.17) is 9.84 Å². The number of carboxylic acids is 1. The maximum atomic E-state index is 13.6. The maximum absolute atomic E-state index is 13.6. The SMILES string of the molecule is O=C(O)CC1SC(=NN=Cc2cccc(COc3c(F)cccc3F)c2)NC1=O. The van der Waals surface area contributed by atoms with Gasteiger partial charge in [0.25, 0.3) is 0 Å². The van der Waals surface area contributed by atoms with Crippen LogP contribution in [0.5, 0.6) is 5.75 Å². The van der Waals surface area contributed by atoms with Crippen LogP contribution in [0.3, 0.4) is 0 Å². The number of carbonyl (C=O) groups excluding carboxylic acids is 1. The van der Waals surface area contributed by atoms with E-state index in [0.29, 0.717) is 11.1 Å². The summed E-state index contributed by atoms with van der Waals surface area (Å²) in [6.07, 6.45) is 1.13. The van der Waals surface area contributed by atoms with Crippen molar-refractivity contribution in [3.05, 3.63) is 65.2 Å². The third-order valence-electron chi connectivity index (χ3n) is 3.74. The molecule has 2 N–H and O–H groups in total. The van der Waals surface area contributed by atoms with Gasteiger partial charge >= 0.3 is 5.97 Å². The predicted molar refractivity (Wildman–Crippen MR) is 104 cm³/mol. The molecule has 1 saturated heterocycles. The second-order valence-corrected chi connectivity index (χ2v) is 7.12. The fraction of sp³-hybridized carbons (Fsp3) is 0.158. The van der Waals surface area contributed by atoms with Gasteiger partial charge in [0.2, 0.25) is 5.91 Å². The number of carboxylic acid groups (broad SMARTS) is 1. The van der Waals surface area contributed by atoms with Gasteiger partial charge in [-0.2, -0.15) is 5.10 Å². The van der Waals surface area contributed by atoms with Crippen molar-refractivity contribution in [3.8, 4) is 5.75 Å². The van der Waals surface area contributed by atoms with Crippen molar-refractivity contribution in [2.75, 3.05) is 0 Å². The predicted octanol–water partition coefficient (Wildman–Crippen LogP) is 2.94. The first-order valence-electron chi connectivity index (χ1n) is 8.38. The zero-order chi connectivity index (χ0) is 20.8. The van der Waals surface area contributed by atoms with Gasteiger partial charge in [0.1, 0.15) is 11.9 Å². The van der Waals surface area contributed by atoms with E-state index < -0.39 is 34.5 Å². The summed E-state index contributed by atoms with van der Waals surface area (Å²) in [4.78, 5) is 22.3. The van der Waals surface area contributed by atoms with Crippen LogP contribution < -0.4 is 10.1 Å². The number of aliphatic carboxylic acids is 1. The van der Waals surface area contributed by atoms with Gasteiger partial charge in [-0.25, -0.2) is 8.78 Å². The van der Waals surface area contributed by atoms with Crippen LogP contribution >= 0.6 is 11.8 Å². The van der Waals surface area contributed by atoms with Crippen molar-refractivity contribution in [3.63, 3.8) is 0 Å². The van der Waals surface area contributed by atoms with Gasteiger partial charge < -0.3 is 15.2 Å². The van der Waals surface area contributed by atoms with Gasteiger partial charge in [0, 0.05) is 0 Å². The monoisotopic (exact) mass is 419 g/mol. The third kappa shape index (κ3) is 5.61. The molecule has 1 aliphatic rings.